The Bertz CT molecular complexity index is 712. The average Bonchev–Trinajstić information content (AvgIpc) is 2.89. The highest BCUT2D eigenvalue weighted by Crippen LogP contribution is 2.22. The zero-order chi connectivity index (χ0) is 16.2. The molecule has 0 atom stereocenters. The van der Waals surface area contributed by atoms with E-state index in [1.807, 2.05) is 6.92 Å². The van der Waals surface area contributed by atoms with E-state index in [0.29, 0.717) is 12.4 Å². The summed E-state index contributed by atoms with van der Waals surface area (Å²) in [4.78, 5) is 0.253. The Morgan fingerprint density at radius 2 is 1.91 bits per heavy atom. The van der Waals surface area contributed by atoms with Gasteiger partial charge in [-0.2, -0.15) is 0 Å². The summed E-state index contributed by atoms with van der Waals surface area (Å²) in [6.07, 6.45) is 0. The summed E-state index contributed by atoms with van der Waals surface area (Å²) in [7, 11) is -0.381. The van der Waals surface area contributed by atoms with Crippen molar-refractivity contribution in [3.05, 3.63) is 29.3 Å². The van der Waals surface area contributed by atoms with E-state index in [0.717, 1.165) is 15.1 Å². The summed E-state index contributed by atoms with van der Waals surface area (Å²) in [5.74, 6) is 1.40. The lowest BCUT2D eigenvalue weighted by atomic mass is 10.3. The van der Waals surface area contributed by atoms with Gasteiger partial charge < -0.3 is 4.74 Å². The lowest BCUT2D eigenvalue weighted by Gasteiger charge is -2.12. The molecular formula is C13H17N3O3S3. The Balaban J connectivity index is 1.84. The first kappa shape index (κ1) is 17.2. The van der Waals surface area contributed by atoms with Crippen LogP contribution >= 0.6 is 23.1 Å². The van der Waals surface area contributed by atoms with Crippen LogP contribution in [0, 0.1) is 6.92 Å². The van der Waals surface area contributed by atoms with E-state index in [2.05, 4.69) is 10.2 Å². The molecule has 0 fully saturated rings. The molecule has 0 amide bonds. The smallest absolute Gasteiger partial charge is 0.242 e. The topological polar surface area (TPSA) is 72.4 Å². The molecule has 2 rings (SSSR count). The number of nitrogens with zero attached hydrogens (tertiary/aromatic N) is 3. The summed E-state index contributed by atoms with van der Waals surface area (Å²) < 4.78 is 31.6. The molecule has 0 saturated carbocycles. The van der Waals surface area contributed by atoms with Gasteiger partial charge in [0.2, 0.25) is 10.0 Å². The first-order valence-corrected chi connectivity index (χ1v) is 9.72. The highest BCUT2D eigenvalue weighted by molar-refractivity contribution is 8.01. The maximum absolute atomic E-state index is 11.9. The van der Waals surface area contributed by atoms with Crippen LogP contribution in [0.2, 0.25) is 0 Å². The van der Waals surface area contributed by atoms with E-state index in [1.54, 1.807) is 47.4 Å². The Morgan fingerprint density at radius 1 is 1.23 bits per heavy atom. The van der Waals surface area contributed by atoms with Gasteiger partial charge in [-0.05, 0) is 31.2 Å². The zero-order valence-electron chi connectivity index (χ0n) is 12.5. The van der Waals surface area contributed by atoms with Gasteiger partial charge in [0, 0.05) is 19.8 Å². The Kier molecular flexibility index (Phi) is 5.79. The maximum Gasteiger partial charge on any atom is 0.242 e. The van der Waals surface area contributed by atoms with Crippen molar-refractivity contribution in [1.82, 2.24) is 14.5 Å². The van der Waals surface area contributed by atoms with Crippen LogP contribution < -0.4 is 4.74 Å². The number of sulfonamides is 1. The number of aromatic nitrogens is 2. The molecule has 0 bridgehead atoms. The number of thioether (sulfide) groups is 1. The summed E-state index contributed by atoms with van der Waals surface area (Å²) in [5, 5.41) is 8.91. The van der Waals surface area contributed by atoms with Gasteiger partial charge in [0.25, 0.3) is 0 Å². The van der Waals surface area contributed by atoms with Crippen LogP contribution in [0.5, 0.6) is 5.75 Å². The van der Waals surface area contributed by atoms with Crippen molar-refractivity contribution in [1.29, 1.82) is 0 Å². The second kappa shape index (κ2) is 7.40. The first-order valence-electron chi connectivity index (χ1n) is 6.48. The summed E-state index contributed by atoms with van der Waals surface area (Å²) in [6, 6.07) is 6.42. The largest absolute Gasteiger partial charge is 0.493 e. The fourth-order valence-corrected chi connectivity index (χ4v) is 4.15. The Labute approximate surface area is 138 Å². The van der Waals surface area contributed by atoms with E-state index >= 15 is 0 Å². The molecule has 120 valence electrons. The average molecular weight is 359 g/mol. The minimum Gasteiger partial charge on any atom is -0.493 e. The minimum atomic E-state index is -3.39. The normalized spacial score (nSPS) is 11.8. The summed E-state index contributed by atoms with van der Waals surface area (Å²) in [6.45, 7) is 2.44. The van der Waals surface area contributed by atoms with E-state index < -0.39 is 10.0 Å². The van der Waals surface area contributed by atoms with Crippen molar-refractivity contribution < 1.29 is 13.2 Å². The van der Waals surface area contributed by atoms with Gasteiger partial charge in [-0.3, -0.25) is 0 Å². The monoisotopic (exact) mass is 359 g/mol. The fourth-order valence-electron chi connectivity index (χ4n) is 1.54. The number of aryl methyl sites for hydroxylation is 1. The molecule has 0 unspecified atom stereocenters. The van der Waals surface area contributed by atoms with E-state index in [-0.39, 0.29) is 4.90 Å². The number of hydrogen-bond acceptors (Lipinski definition) is 7. The van der Waals surface area contributed by atoms with Crippen molar-refractivity contribution in [3.8, 4) is 5.75 Å². The van der Waals surface area contributed by atoms with Crippen LogP contribution in [-0.2, 0) is 10.0 Å². The summed E-state index contributed by atoms with van der Waals surface area (Å²) in [5.41, 5.74) is 0. The van der Waals surface area contributed by atoms with Gasteiger partial charge in [0.15, 0.2) is 4.34 Å². The van der Waals surface area contributed by atoms with E-state index in [1.165, 1.54) is 18.4 Å². The molecule has 0 aliphatic carbocycles. The van der Waals surface area contributed by atoms with Gasteiger partial charge in [-0.25, -0.2) is 12.7 Å². The molecule has 6 nitrogen and oxygen atoms in total. The van der Waals surface area contributed by atoms with Crippen molar-refractivity contribution in [2.24, 2.45) is 0 Å². The van der Waals surface area contributed by atoms with E-state index in [4.69, 9.17) is 4.74 Å². The van der Waals surface area contributed by atoms with Crippen molar-refractivity contribution in [2.45, 2.75) is 16.2 Å². The Hall–Kier alpha value is -1.16. The van der Waals surface area contributed by atoms with Crippen LogP contribution in [0.15, 0.2) is 33.5 Å². The van der Waals surface area contributed by atoms with Crippen LogP contribution in [0.1, 0.15) is 5.01 Å². The standard InChI is InChI=1S/C13H17N3O3S3/c1-10-14-15-13(21-10)20-9-8-19-11-4-6-12(7-5-11)22(17,18)16(2)3/h4-7H,8-9H2,1-3H3. The Morgan fingerprint density at radius 3 is 2.45 bits per heavy atom. The van der Waals surface area contributed by atoms with Gasteiger partial charge in [-0.1, -0.05) is 23.1 Å². The van der Waals surface area contributed by atoms with Crippen LogP contribution in [0.25, 0.3) is 0 Å². The SMILES string of the molecule is Cc1nnc(SCCOc2ccc(S(=O)(=O)N(C)C)cc2)s1. The third-order valence-corrected chi connectivity index (χ3v) is 6.45. The molecule has 0 N–H and O–H groups in total. The highest BCUT2D eigenvalue weighted by Gasteiger charge is 2.16. The third kappa shape index (κ3) is 4.42. The number of benzene rings is 1. The molecule has 2 aromatic rings. The summed E-state index contributed by atoms with van der Waals surface area (Å²) >= 11 is 3.14. The molecule has 0 aliphatic rings. The molecule has 0 radical (unpaired) electrons. The van der Waals surface area contributed by atoms with Crippen LogP contribution in [0.4, 0.5) is 0 Å². The van der Waals surface area contributed by atoms with E-state index in [9.17, 15) is 8.42 Å². The molecule has 0 aliphatic heterocycles. The molecule has 1 aromatic heterocycles. The second-order valence-corrected chi connectivity index (χ2v) is 9.22. The van der Waals surface area contributed by atoms with Crippen LogP contribution in [-0.4, -0.2) is 49.4 Å². The molecule has 1 heterocycles. The molecular weight excluding hydrogens is 342 g/mol. The van der Waals surface area contributed by atoms with Gasteiger partial charge >= 0.3 is 0 Å². The predicted octanol–water partition coefficient (Wildman–Crippen LogP) is 2.27. The lowest BCUT2D eigenvalue weighted by molar-refractivity contribution is 0.343. The maximum atomic E-state index is 11.9. The van der Waals surface area contributed by atoms with Crippen molar-refractivity contribution in [3.63, 3.8) is 0 Å². The highest BCUT2D eigenvalue weighted by atomic mass is 32.2. The molecule has 22 heavy (non-hydrogen) atoms. The van der Waals surface area contributed by atoms with Gasteiger partial charge in [0.1, 0.15) is 10.8 Å². The van der Waals surface area contributed by atoms with Gasteiger partial charge in [-0.15, -0.1) is 10.2 Å². The number of hydrogen-bond donors (Lipinski definition) is 0. The van der Waals surface area contributed by atoms with Crippen molar-refractivity contribution >= 4 is 33.1 Å². The van der Waals surface area contributed by atoms with Crippen LogP contribution in [0.3, 0.4) is 0 Å². The fraction of sp³-hybridized carbons (Fsp3) is 0.385. The third-order valence-electron chi connectivity index (χ3n) is 2.69. The minimum absolute atomic E-state index is 0.253. The molecule has 9 heteroatoms. The molecule has 0 spiro atoms. The quantitative estimate of drug-likeness (QED) is 0.558. The first-order chi connectivity index (χ1) is 10.4. The zero-order valence-corrected chi connectivity index (χ0v) is 15.0. The number of ether oxygens (including phenoxy) is 1. The molecule has 0 saturated heterocycles. The van der Waals surface area contributed by atoms with Gasteiger partial charge in [0.05, 0.1) is 11.5 Å². The lowest BCUT2D eigenvalue weighted by Crippen LogP contribution is -2.22. The van der Waals surface area contributed by atoms with Crippen molar-refractivity contribution in [2.75, 3.05) is 26.5 Å². The molecule has 1 aromatic carbocycles. The second-order valence-electron chi connectivity index (χ2n) is 4.54. The number of rotatable bonds is 7. The predicted molar refractivity (Wildman–Crippen MR) is 88.2 cm³/mol.